The summed E-state index contributed by atoms with van der Waals surface area (Å²) in [5.74, 6) is 0. The van der Waals surface area contributed by atoms with Crippen molar-refractivity contribution in [2.24, 2.45) is 0 Å². The van der Waals surface area contributed by atoms with Gasteiger partial charge in [0.1, 0.15) is 0 Å². The fourth-order valence-electron chi connectivity index (χ4n) is 3.65. The highest BCUT2D eigenvalue weighted by atomic mass is 32.1. The van der Waals surface area contributed by atoms with Crippen molar-refractivity contribution in [3.05, 3.63) is 108 Å². The van der Waals surface area contributed by atoms with Crippen molar-refractivity contribution in [3.8, 4) is 0 Å². The highest BCUT2D eigenvalue weighted by Gasteiger charge is 2.04. The van der Waals surface area contributed by atoms with Gasteiger partial charge in [0.25, 0.3) is 0 Å². The van der Waals surface area contributed by atoms with Crippen LogP contribution in [0.15, 0.2) is 97.1 Å². The van der Waals surface area contributed by atoms with Crippen LogP contribution in [0.25, 0.3) is 32.6 Å². The molecule has 0 spiro atoms. The number of hydrogen-bond acceptors (Lipinski definition) is 6. The van der Waals surface area contributed by atoms with Gasteiger partial charge in [0.15, 0.2) is 10.3 Å². The third-order valence-electron chi connectivity index (χ3n) is 5.38. The molecule has 0 saturated carbocycles. The largest absolute Gasteiger partial charge is 0.332 e. The van der Waals surface area contributed by atoms with E-state index in [2.05, 4.69) is 93.4 Å². The Morgan fingerprint density at radius 1 is 0.500 bits per heavy atom. The van der Waals surface area contributed by atoms with Crippen LogP contribution in [0.4, 0.5) is 21.6 Å². The summed E-state index contributed by atoms with van der Waals surface area (Å²) in [5.41, 5.74) is 6.40. The van der Waals surface area contributed by atoms with Gasteiger partial charge in [-0.15, -0.1) is 0 Å². The molecule has 4 aromatic carbocycles. The van der Waals surface area contributed by atoms with E-state index in [0.29, 0.717) is 0 Å². The minimum absolute atomic E-state index is 0.907. The van der Waals surface area contributed by atoms with Crippen molar-refractivity contribution < 1.29 is 0 Å². The fraction of sp³-hybridized carbons (Fsp3) is 0. The van der Waals surface area contributed by atoms with E-state index in [-0.39, 0.29) is 0 Å². The SMILES string of the molecule is C(=C\c1ccc(Nc2nc3ccccc3s2)cc1)/c1ccc(Nc2nc3ccccc3s2)cc1. The molecule has 0 fully saturated rings. The van der Waals surface area contributed by atoms with Crippen molar-refractivity contribution in [2.45, 2.75) is 0 Å². The van der Waals surface area contributed by atoms with E-state index in [4.69, 9.17) is 0 Å². The summed E-state index contributed by atoms with van der Waals surface area (Å²) >= 11 is 3.32. The van der Waals surface area contributed by atoms with Crippen LogP contribution in [-0.2, 0) is 0 Å². The van der Waals surface area contributed by atoms with Gasteiger partial charge in [-0.3, -0.25) is 0 Å². The molecular weight excluding hydrogens is 456 g/mol. The average molecular weight is 477 g/mol. The van der Waals surface area contributed by atoms with Crippen molar-refractivity contribution in [3.63, 3.8) is 0 Å². The van der Waals surface area contributed by atoms with Crippen molar-refractivity contribution in [2.75, 3.05) is 10.6 Å². The molecule has 164 valence electrons. The van der Waals surface area contributed by atoms with E-state index in [0.717, 1.165) is 43.8 Å². The van der Waals surface area contributed by atoms with Crippen LogP contribution >= 0.6 is 22.7 Å². The van der Waals surface area contributed by atoms with Crippen LogP contribution in [0.5, 0.6) is 0 Å². The second-order valence-electron chi connectivity index (χ2n) is 7.80. The normalized spacial score (nSPS) is 11.4. The number of nitrogens with one attached hydrogen (secondary N) is 2. The molecule has 34 heavy (non-hydrogen) atoms. The Balaban J connectivity index is 1.09. The van der Waals surface area contributed by atoms with Gasteiger partial charge in [-0.05, 0) is 59.7 Å². The summed E-state index contributed by atoms with van der Waals surface area (Å²) in [4.78, 5) is 9.27. The number of anilines is 4. The standard InChI is InChI=1S/C28H20N4S2/c1-3-7-25-23(5-1)31-27(33-25)29-21-15-11-19(12-16-21)9-10-20-13-17-22(18-14-20)30-28-32-24-6-2-4-8-26(24)34-28/h1-18H,(H,29,31)(H,30,32)/b10-9+. The number of para-hydroxylation sites is 2. The van der Waals surface area contributed by atoms with Gasteiger partial charge in [0.2, 0.25) is 0 Å². The number of hydrogen-bond donors (Lipinski definition) is 2. The molecule has 6 rings (SSSR count). The molecule has 0 unspecified atom stereocenters. The molecule has 0 bridgehead atoms. The van der Waals surface area contributed by atoms with Crippen molar-refractivity contribution in [1.29, 1.82) is 0 Å². The summed E-state index contributed by atoms with van der Waals surface area (Å²) in [6.45, 7) is 0. The van der Waals surface area contributed by atoms with Crippen LogP contribution in [0.2, 0.25) is 0 Å². The molecule has 6 heteroatoms. The van der Waals surface area contributed by atoms with Crippen LogP contribution in [0, 0.1) is 0 Å². The molecule has 4 nitrogen and oxygen atoms in total. The van der Waals surface area contributed by atoms with Crippen LogP contribution in [0.3, 0.4) is 0 Å². The van der Waals surface area contributed by atoms with E-state index in [1.807, 2.05) is 36.4 Å². The minimum Gasteiger partial charge on any atom is -0.332 e. The number of benzene rings is 4. The summed E-state index contributed by atoms with van der Waals surface area (Å²) in [5, 5.41) is 8.61. The maximum absolute atomic E-state index is 4.64. The minimum atomic E-state index is 0.907. The zero-order chi connectivity index (χ0) is 22.7. The Labute approximate surface area is 205 Å². The molecule has 0 aliphatic heterocycles. The third-order valence-corrected chi connectivity index (χ3v) is 7.28. The molecular formula is C28H20N4S2. The molecule has 0 atom stereocenters. The number of aromatic nitrogens is 2. The number of thiazole rings is 2. The zero-order valence-corrected chi connectivity index (χ0v) is 19.7. The summed E-state index contributed by atoms with van der Waals surface area (Å²) in [6, 6.07) is 33.1. The number of fused-ring (bicyclic) bond motifs is 2. The molecule has 0 saturated heterocycles. The maximum atomic E-state index is 4.64. The van der Waals surface area contributed by atoms with Gasteiger partial charge in [-0.1, -0.05) is 83.4 Å². The lowest BCUT2D eigenvalue weighted by Crippen LogP contribution is -1.89. The van der Waals surface area contributed by atoms with E-state index < -0.39 is 0 Å². The first-order valence-electron chi connectivity index (χ1n) is 10.9. The first-order valence-corrected chi connectivity index (χ1v) is 12.6. The Kier molecular flexibility index (Phi) is 5.51. The Morgan fingerprint density at radius 3 is 1.32 bits per heavy atom. The predicted octanol–water partition coefficient (Wildman–Crippen LogP) is 8.56. The van der Waals surface area contributed by atoms with E-state index in [1.54, 1.807) is 22.7 Å². The van der Waals surface area contributed by atoms with E-state index in [9.17, 15) is 0 Å². The topological polar surface area (TPSA) is 49.8 Å². The zero-order valence-electron chi connectivity index (χ0n) is 18.1. The Bertz CT molecular complexity index is 1410. The molecule has 0 amide bonds. The van der Waals surface area contributed by atoms with E-state index in [1.165, 1.54) is 9.40 Å². The molecule has 2 aromatic heterocycles. The second-order valence-corrected chi connectivity index (χ2v) is 9.86. The number of rotatable bonds is 6. The molecule has 0 radical (unpaired) electrons. The van der Waals surface area contributed by atoms with Crippen molar-refractivity contribution in [1.82, 2.24) is 9.97 Å². The van der Waals surface area contributed by atoms with Crippen molar-refractivity contribution >= 4 is 76.9 Å². The summed E-state index contributed by atoms with van der Waals surface area (Å²) < 4.78 is 2.37. The highest BCUT2D eigenvalue weighted by molar-refractivity contribution is 7.22. The van der Waals surface area contributed by atoms with Crippen LogP contribution in [0.1, 0.15) is 11.1 Å². The Morgan fingerprint density at radius 2 is 0.912 bits per heavy atom. The average Bonchev–Trinajstić information content (AvgIpc) is 3.47. The first kappa shape index (κ1) is 20.6. The molecule has 0 aliphatic rings. The van der Waals surface area contributed by atoms with Gasteiger partial charge in [0.05, 0.1) is 20.4 Å². The number of nitrogens with zero attached hydrogens (tertiary/aromatic N) is 2. The van der Waals surface area contributed by atoms with Gasteiger partial charge in [-0.2, -0.15) is 0 Å². The monoisotopic (exact) mass is 476 g/mol. The maximum Gasteiger partial charge on any atom is 0.188 e. The van der Waals surface area contributed by atoms with Gasteiger partial charge >= 0.3 is 0 Å². The third kappa shape index (κ3) is 4.55. The van der Waals surface area contributed by atoms with E-state index >= 15 is 0 Å². The van der Waals surface area contributed by atoms with Crippen LogP contribution < -0.4 is 10.6 Å². The lowest BCUT2D eigenvalue weighted by molar-refractivity contribution is 1.44. The first-order chi connectivity index (χ1) is 16.8. The molecule has 6 aromatic rings. The quantitative estimate of drug-likeness (QED) is 0.236. The lowest BCUT2D eigenvalue weighted by atomic mass is 10.1. The van der Waals surface area contributed by atoms with Gasteiger partial charge < -0.3 is 10.6 Å². The predicted molar refractivity (Wildman–Crippen MR) is 148 cm³/mol. The van der Waals surface area contributed by atoms with Gasteiger partial charge in [0, 0.05) is 11.4 Å². The summed E-state index contributed by atoms with van der Waals surface area (Å²) in [7, 11) is 0. The molecule has 2 heterocycles. The molecule has 2 N–H and O–H groups in total. The Hall–Kier alpha value is -4.00. The molecule has 0 aliphatic carbocycles. The smallest absolute Gasteiger partial charge is 0.188 e. The van der Waals surface area contributed by atoms with Crippen LogP contribution in [-0.4, -0.2) is 9.97 Å². The highest BCUT2D eigenvalue weighted by Crippen LogP contribution is 2.29. The summed E-state index contributed by atoms with van der Waals surface area (Å²) in [6.07, 6.45) is 4.24. The second kappa shape index (κ2) is 9.09. The van der Waals surface area contributed by atoms with Gasteiger partial charge in [-0.25, -0.2) is 9.97 Å². The lowest BCUT2D eigenvalue weighted by Gasteiger charge is -2.03. The fourth-order valence-corrected chi connectivity index (χ4v) is 5.42.